The van der Waals surface area contributed by atoms with Crippen LogP contribution >= 0.6 is 0 Å². The van der Waals surface area contributed by atoms with Gasteiger partial charge in [-0.25, -0.2) is 8.42 Å². The fraction of sp³-hybridized carbons (Fsp3) is 0.593. The average Bonchev–Trinajstić information content (AvgIpc) is 2.85. The number of nitrogens with two attached hydrogens (primary N) is 1. The number of amides is 2. The maximum Gasteiger partial charge on any atom is 0.243 e. The van der Waals surface area contributed by atoms with Crippen molar-refractivity contribution in [1.82, 2.24) is 15.0 Å². The quantitative estimate of drug-likeness (QED) is 0.550. The first-order valence-corrected chi connectivity index (χ1v) is 14.7. The Morgan fingerprint density at radius 1 is 0.972 bits per heavy atom. The molecule has 4 N–H and O–H groups in total. The first-order valence-electron chi connectivity index (χ1n) is 13.2. The van der Waals surface area contributed by atoms with Crippen molar-refractivity contribution in [2.75, 3.05) is 0 Å². The molecule has 1 aromatic carbocycles. The number of fused-ring (bicyclic) bond motifs is 1. The molecule has 9 heteroatoms. The van der Waals surface area contributed by atoms with Crippen LogP contribution < -0.4 is 15.8 Å². The Kier molecular flexibility index (Phi) is 5.64. The molecule has 5 aliphatic carbocycles. The van der Waals surface area contributed by atoms with Gasteiger partial charge in [0.1, 0.15) is 10.4 Å². The molecule has 7 rings (SSSR count). The van der Waals surface area contributed by atoms with Gasteiger partial charge in [-0.3, -0.25) is 14.6 Å². The zero-order valence-electron chi connectivity index (χ0n) is 20.4. The van der Waals surface area contributed by atoms with E-state index in [1.807, 2.05) is 12.1 Å². The summed E-state index contributed by atoms with van der Waals surface area (Å²) in [6, 6.07) is 8.65. The van der Waals surface area contributed by atoms with E-state index in [1.54, 1.807) is 24.4 Å². The van der Waals surface area contributed by atoms with Crippen molar-refractivity contribution in [3.8, 4) is 0 Å². The van der Waals surface area contributed by atoms with Crippen molar-refractivity contribution < 1.29 is 18.0 Å². The third-order valence-corrected chi connectivity index (χ3v) is 11.0. The van der Waals surface area contributed by atoms with Crippen molar-refractivity contribution in [2.24, 2.45) is 28.9 Å². The highest BCUT2D eigenvalue weighted by Crippen LogP contribution is 2.60. The molecule has 5 saturated carbocycles. The summed E-state index contributed by atoms with van der Waals surface area (Å²) in [6.45, 7) is 0. The number of carbonyl (C=O) groups excluding carboxylic acids is 2. The van der Waals surface area contributed by atoms with Crippen LogP contribution in [0, 0.1) is 23.2 Å². The van der Waals surface area contributed by atoms with Gasteiger partial charge in [0.2, 0.25) is 21.8 Å². The molecule has 1 heterocycles. The third-order valence-electron chi connectivity index (χ3n) is 9.45. The number of primary amides is 1. The van der Waals surface area contributed by atoms with Gasteiger partial charge in [-0.1, -0.05) is 37.5 Å². The zero-order valence-corrected chi connectivity index (χ0v) is 21.2. The van der Waals surface area contributed by atoms with Crippen LogP contribution in [-0.4, -0.2) is 36.8 Å². The van der Waals surface area contributed by atoms with E-state index < -0.39 is 21.0 Å². The maximum atomic E-state index is 14.0. The molecule has 2 atom stereocenters. The van der Waals surface area contributed by atoms with Crippen molar-refractivity contribution >= 4 is 32.7 Å². The Morgan fingerprint density at radius 2 is 1.67 bits per heavy atom. The summed E-state index contributed by atoms with van der Waals surface area (Å²) in [4.78, 5) is 30.7. The van der Waals surface area contributed by atoms with E-state index in [0.29, 0.717) is 24.3 Å². The molecule has 5 aliphatic rings. The number of benzene rings is 1. The van der Waals surface area contributed by atoms with Gasteiger partial charge in [-0.2, -0.15) is 4.72 Å². The fourth-order valence-electron chi connectivity index (χ4n) is 7.99. The molecule has 0 radical (unpaired) electrons. The number of nitrogens with one attached hydrogen (secondary N) is 2. The predicted octanol–water partition coefficient (Wildman–Crippen LogP) is 3.01. The number of sulfonamides is 1. The monoisotopic (exact) mass is 510 g/mol. The molecule has 2 unspecified atom stereocenters. The summed E-state index contributed by atoms with van der Waals surface area (Å²) in [5.41, 5.74) is 4.61. The van der Waals surface area contributed by atoms with Gasteiger partial charge in [0.15, 0.2) is 0 Å². The Bertz CT molecular complexity index is 1300. The lowest BCUT2D eigenvalue weighted by molar-refractivity contribution is -0.148. The second-order valence-corrected chi connectivity index (χ2v) is 13.3. The van der Waals surface area contributed by atoms with Crippen LogP contribution in [0.25, 0.3) is 10.9 Å². The third kappa shape index (κ3) is 3.82. The summed E-state index contributed by atoms with van der Waals surface area (Å²) in [5.74, 6) is 0.486. The number of nitrogens with zero attached hydrogens (tertiary/aromatic N) is 1. The molecule has 5 fully saturated rings. The minimum atomic E-state index is -4.01. The molecule has 0 spiro atoms. The van der Waals surface area contributed by atoms with E-state index in [1.165, 1.54) is 0 Å². The lowest BCUT2D eigenvalue weighted by Gasteiger charge is -2.59. The molecule has 192 valence electrons. The Hall–Kier alpha value is -2.52. The van der Waals surface area contributed by atoms with Gasteiger partial charge >= 0.3 is 0 Å². The van der Waals surface area contributed by atoms with E-state index in [9.17, 15) is 18.0 Å². The van der Waals surface area contributed by atoms with Gasteiger partial charge < -0.3 is 11.1 Å². The Morgan fingerprint density at radius 3 is 2.36 bits per heavy atom. The first kappa shape index (κ1) is 23.9. The van der Waals surface area contributed by atoms with Crippen molar-refractivity contribution in [3.05, 3.63) is 36.5 Å². The Balaban J connectivity index is 1.28. The minimum Gasteiger partial charge on any atom is -0.369 e. The maximum absolute atomic E-state index is 14.0. The molecule has 1 aromatic heterocycles. The van der Waals surface area contributed by atoms with Crippen molar-refractivity contribution in [1.29, 1.82) is 0 Å². The highest BCUT2D eigenvalue weighted by Gasteiger charge is 2.58. The number of pyridine rings is 1. The van der Waals surface area contributed by atoms with Gasteiger partial charge in [-0.15, -0.1) is 0 Å². The van der Waals surface area contributed by atoms with Gasteiger partial charge in [0.25, 0.3) is 0 Å². The normalized spacial score (nSPS) is 32.9. The average molecular weight is 511 g/mol. The van der Waals surface area contributed by atoms with Crippen LogP contribution in [0.3, 0.4) is 0 Å². The Labute approximate surface area is 211 Å². The molecule has 0 saturated heterocycles. The predicted molar refractivity (Wildman–Crippen MR) is 135 cm³/mol. The second-order valence-electron chi connectivity index (χ2n) is 11.7. The van der Waals surface area contributed by atoms with Crippen molar-refractivity contribution in [2.45, 2.75) is 80.7 Å². The zero-order chi connectivity index (χ0) is 25.1. The standard InChI is InChI=1S/C27H34N4O4S/c28-24(32)26-14-17-12-19(15-26)22(20(13-17)16-26)30-25(33)27(9-2-1-3-10-27)31-36(34,35)21-8-4-6-18-7-5-11-29-23(18)21/h4-8,11,17,19-20,22,31H,1-3,9-10,12-16H2,(H2,28,32)(H,30,33). The number of hydrogen-bond donors (Lipinski definition) is 3. The molecule has 0 aliphatic heterocycles. The van der Waals surface area contributed by atoms with Crippen LogP contribution in [0.1, 0.15) is 64.2 Å². The van der Waals surface area contributed by atoms with Crippen LogP contribution in [0.15, 0.2) is 41.4 Å². The minimum absolute atomic E-state index is 0.0379. The lowest BCUT2D eigenvalue weighted by atomic mass is 9.47. The number of carbonyl (C=O) groups is 2. The van der Waals surface area contributed by atoms with E-state index in [4.69, 9.17) is 5.73 Å². The molecular weight excluding hydrogens is 476 g/mol. The number of rotatable bonds is 6. The van der Waals surface area contributed by atoms with Gasteiger partial charge in [0.05, 0.1) is 5.52 Å². The summed E-state index contributed by atoms with van der Waals surface area (Å²) < 4.78 is 30.3. The smallest absolute Gasteiger partial charge is 0.243 e. The molecule has 2 aromatic rings. The summed E-state index contributed by atoms with van der Waals surface area (Å²) in [7, 11) is -4.01. The molecular formula is C27H34N4O4S. The lowest BCUT2D eigenvalue weighted by Crippen LogP contribution is -2.66. The molecule has 36 heavy (non-hydrogen) atoms. The first-order chi connectivity index (χ1) is 17.2. The number of aromatic nitrogens is 1. The van der Waals surface area contributed by atoms with Gasteiger partial charge in [0, 0.05) is 23.0 Å². The molecule has 4 bridgehead atoms. The highest BCUT2D eigenvalue weighted by molar-refractivity contribution is 7.89. The van der Waals surface area contributed by atoms with Crippen molar-refractivity contribution in [3.63, 3.8) is 0 Å². The summed E-state index contributed by atoms with van der Waals surface area (Å²) in [5, 5.41) is 4.04. The van der Waals surface area contributed by atoms with E-state index in [0.717, 1.165) is 56.8 Å². The van der Waals surface area contributed by atoms with Crippen LogP contribution in [-0.2, 0) is 19.6 Å². The van der Waals surface area contributed by atoms with Crippen LogP contribution in [0.2, 0.25) is 0 Å². The molecule has 8 nitrogen and oxygen atoms in total. The summed E-state index contributed by atoms with van der Waals surface area (Å²) in [6.07, 6.45) is 9.37. The second kappa shape index (κ2) is 8.52. The van der Waals surface area contributed by atoms with Gasteiger partial charge in [-0.05, 0) is 74.8 Å². The summed E-state index contributed by atoms with van der Waals surface area (Å²) >= 11 is 0. The van der Waals surface area contributed by atoms with E-state index in [2.05, 4.69) is 15.0 Å². The van der Waals surface area contributed by atoms with E-state index in [-0.39, 0.29) is 34.6 Å². The van der Waals surface area contributed by atoms with Crippen LogP contribution in [0.5, 0.6) is 0 Å². The van der Waals surface area contributed by atoms with Crippen LogP contribution in [0.4, 0.5) is 0 Å². The van der Waals surface area contributed by atoms with E-state index >= 15 is 0 Å². The largest absolute Gasteiger partial charge is 0.369 e. The SMILES string of the molecule is NC(=O)C12CC3CC(C1)C(NC(=O)C1(NS(=O)(=O)c4cccc5cccnc45)CCCCC1)C(C3)C2. The fourth-order valence-corrected chi connectivity index (χ4v) is 9.59. The highest BCUT2D eigenvalue weighted by atomic mass is 32.2. The number of hydrogen-bond acceptors (Lipinski definition) is 5. The topological polar surface area (TPSA) is 131 Å². The molecule has 2 amide bonds. The number of para-hydroxylation sites is 1.